The topological polar surface area (TPSA) is 0 Å². The molecule has 0 saturated heterocycles. The molecule has 0 spiro atoms. The van der Waals surface area contributed by atoms with Gasteiger partial charge in [0.1, 0.15) is 0 Å². The Kier molecular flexibility index (Phi) is 6.58. The molecule has 0 fully saturated rings. The zero-order chi connectivity index (χ0) is 10.9. The molecule has 0 nitrogen and oxygen atoms in total. The quantitative estimate of drug-likeness (QED) is 0.684. The van der Waals surface area contributed by atoms with E-state index >= 15 is 0 Å². The number of rotatable bonds is 2. The van der Waals surface area contributed by atoms with Crippen molar-refractivity contribution in [1.82, 2.24) is 0 Å². The molecule has 0 N–H and O–H groups in total. The monoisotopic (exact) mass is 222 g/mol. The van der Waals surface area contributed by atoms with Gasteiger partial charge in [-0.25, -0.2) is 0 Å². The summed E-state index contributed by atoms with van der Waals surface area (Å²) in [6.45, 7) is 4.42. The third-order valence-corrected chi connectivity index (χ3v) is 3.73. The predicted octanol–water partition coefficient (Wildman–Crippen LogP) is 4.92. The number of hydrogen-bond donors (Lipinski definition) is 0. The molecule has 84 valence electrons. The summed E-state index contributed by atoms with van der Waals surface area (Å²) in [5.41, 5.74) is 1.54. The fraction of sp³-hybridized carbons (Fsp3) is 0.571. The predicted molar refractivity (Wildman–Crippen MR) is 70.7 cm³/mol. The molecule has 0 atom stereocenters. The van der Waals surface area contributed by atoms with Crippen LogP contribution in [0.25, 0.3) is 0 Å². The summed E-state index contributed by atoms with van der Waals surface area (Å²) < 4.78 is 0. The van der Waals surface area contributed by atoms with Gasteiger partial charge in [0.15, 0.2) is 0 Å². The Bertz CT molecular complexity index is 241. The first kappa shape index (κ1) is 12.6. The second kappa shape index (κ2) is 7.81. The van der Waals surface area contributed by atoms with E-state index < -0.39 is 0 Å². The summed E-state index contributed by atoms with van der Waals surface area (Å²) in [6, 6.07) is 8.71. The van der Waals surface area contributed by atoms with Gasteiger partial charge in [0, 0.05) is 4.90 Å². The highest BCUT2D eigenvalue weighted by molar-refractivity contribution is 7.99. The number of hydrogen-bond acceptors (Lipinski definition) is 1. The molecule has 1 heterocycles. The molecule has 0 radical (unpaired) electrons. The lowest BCUT2D eigenvalue weighted by Gasteiger charge is -2.13. The van der Waals surface area contributed by atoms with Crippen LogP contribution in [0.3, 0.4) is 0 Å². The van der Waals surface area contributed by atoms with Crippen LogP contribution in [0.15, 0.2) is 29.2 Å². The van der Waals surface area contributed by atoms with Crippen LogP contribution in [0.2, 0.25) is 0 Å². The fourth-order valence-electron chi connectivity index (χ4n) is 1.65. The lowest BCUT2D eigenvalue weighted by atomic mass is 10.1. The first-order chi connectivity index (χ1) is 7.38. The first-order valence-corrected chi connectivity index (χ1v) is 7.07. The van der Waals surface area contributed by atoms with Gasteiger partial charge >= 0.3 is 0 Å². The number of unbranched alkanes of at least 4 members (excludes halogenated alkanes) is 2. The minimum Gasteiger partial charge on any atom is -0.126 e. The van der Waals surface area contributed by atoms with Crippen molar-refractivity contribution in [1.29, 1.82) is 0 Å². The molecule has 1 aromatic rings. The van der Waals surface area contributed by atoms with E-state index in [1.807, 2.05) is 11.8 Å². The largest absolute Gasteiger partial charge is 0.126 e. The number of fused-ring (bicyclic) bond motifs is 1. The maximum Gasteiger partial charge on any atom is 0.0104 e. The first-order valence-electron chi connectivity index (χ1n) is 6.09. The van der Waals surface area contributed by atoms with Crippen molar-refractivity contribution in [2.24, 2.45) is 0 Å². The highest BCUT2D eigenvalue weighted by Crippen LogP contribution is 2.28. The minimum absolute atomic E-state index is 1.28. The molecular formula is C14H22S. The zero-order valence-electron chi connectivity index (χ0n) is 9.96. The van der Waals surface area contributed by atoms with Crippen molar-refractivity contribution in [2.75, 3.05) is 5.75 Å². The molecule has 1 aliphatic rings. The van der Waals surface area contributed by atoms with Gasteiger partial charge in [0.2, 0.25) is 0 Å². The van der Waals surface area contributed by atoms with E-state index in [0.717, 1.165) is 0 Å². The normalized spacial score (nSPS) is 13.7. The van der Waals surface area contributed by atoms with Gasteiger partial charge < -0.3 is 0 Å². The van der Waals surface area contributed by atoms with Crippen molar-refractivity contribution in [3.63, 3.8) is 0 Å². The van der Waals surface area contributed by atoms with Gasteiger partial charge in [-0.05, 0) is 30.2 Å². The smallest absolute Gasteiger partial charge is 0.0104 e. The molecule has 0 amide bonds. The fourth-order valence-corrected chi connectivity index (χ4v) is 2.69. The van der Waals surface area contributed by atoms with Crippen molar-refractivity contribution in [3.8, 4) is 0 Å². The summed E-state index contributed by atoms with van der Waals surface area (Å²) in [5.74, 6) is 1.30. The van der Waals surface area contributed by atoms with Gasteiger partial charge in [0.05, 0.1) is 0 Å². The average Bonchev–Trinajstić information content (AvgIpc) is 2.31. The van der Waals surface area contributed by atoms with Gasteiger partial charge in [-0.1, -0.05) is 51.3 Å². The molecule has 0 saturated carbocycles. The second-order valence-corrected chi connectivity index (χ2v) is 5.05. The molecule has 0 bridgehead atoms. The van der Waals surface area contributed by atoms with Crippen molar-refractivity contribution in [2.45, 2.75) is 50.8 Å². The number of thioether (sulfide) groups is 1. The van der Waals surface area contributed by atoms with Gasteiger partial charge in [0.25, 0.3) is 0 Å². The Labute approximate surface area is 98.5 Å². The summed E-state index contributed by atoms with van der Waals surface area (Å²) in [7, 11) is 0. The molecule has 0 aromatic heterocycles. The van der Waals surface area contributed by atoms with Crippen LogP contribution in [-0.4, -0.2) is 5.75 Å². The van der Waals surface area contributed by atoms with Gasteiger partial charge in [-0.15, -0.1) is 11.8 Å². The third kappa shape index (κ3) is 4.74. The minimum atomic E-state index is 1.28. The number of benzene rings is 1. The number of aryl methyl sites for hydroxylation is 1. The van der Waals surface area contributed by atoms with Crippen LogP contribution in [0, 0.1) is 0 Å². The van der Waals surface area contributed by atoms with Gasteiger partial charge in [-0.2, -0.15) is 0 Å². The van der Waals surface area contributed by atoms with Crippen LogP contribution in [-0.2, 0) is 6.42 Å². The van der Waals surface area contributed by atoms with Crippen molar-refractivity contribution >= 4 is 11.8 Å². The molecule has 1 aromatic carbocycles. The Balaban J connectivity index is 0.000000195. The van der Waals surface area contributed by atoms with E-state index in [1.165, 1.54) is 42.8 Å². The van der Waals surface area contributed by atoms with Crippen LogP contribution < -0.4 is 0 Å². The van der Waals surface area contributed by atoms with E-state index in [0.29, 0.717) is 0 Å². The molecule has 2 rings (SSSR count). The summed E-state index contributed by atoms with van der Waals surface area (Å²) in [6.07, 6.45) is 6.71. The second-order valence-electron chi connectivity index (χ2n) is 3.91. The molecular weight excluding hydrogens is 200 g/mol. The van der Waals surface area contributed by atoms with E-state index in [1.54, 1.807) is 5.56 Å². The molecule has 1 aliphatic heterocycles. The Morgan fingerprint density at radius 1 is 1.13 bits per heavy atom. The average molecular weight is 222 g/mol. The van der Waals surface area contributed by atoms with Crippen LogP contribution in [0.5, 0.6) is 0 Å². The molecule has 1 heteroatoms. The standard InChI is InChI=1S/C9H10S.C5H12/c1-2-6-9-8(4-1)5-3-7-10-9;1-3-5-4-2/h1-2,4,6H,3,5,7H2;3-5H2,1-2H3. The SMILES string of the molecule is CCCCC.c1ccc2c(c1)CCCS2. The Morgan fingerprint density at radius 3 is 2.47 bits per heavy atom. The zero-order valence-corrected chi connectivity index (χ0v) is 10.8. The Hall–Kier alpha value is -0.430. The summed E-state index contributed by atoms with van der Waals surface area (Å²) in [4.78, 5) is 1.49. The van der Waals surface area contributed by atoms with E-state index in [-0.39, 0.29) is 0 Å². The highest BCUT2D eigenvalue weighted by atomic mass is 32.2. The van der Waals surface area contributed by atoms with Crippen molar-refractivity contribution < 1.29 is 0 Å². The lowest BCUT2D eigenvalue weighted by molar-refractivity contribution is 0.772. The van der Waals surface area contributed by atoms with E-state index in [2.05, 4.69) is 38.1 Å². The maximum atomic E-state index is 2.24. The molecule has 0 aliphatic carbocycles. The lowest BCUT2D eigenvalue weighted by Crippen LogP contribution is -1.96. The Morgan fingerprint density at radius 2 is 1.87 bits per heavy atom. The summed E-state index contributed by atoms with van der Waals surface area (Å²) >= 11 is 1.99. The highest BCUT2D eigenvalue weighted by Gasteiger charge is 2.06. The summed E-state index contributed by atoms with van der Waals surface area (Å²) in [5, 5.41) is 0. The maximum absolute atomic E-state index is 2.24. The third-order valence-electron chi connectivity index (χ3n) is 2.53. The molecule has 0 unspecified atom stereocenters. The molecule has 15 heavy (non-hydrogen) atoms. The van der Waals surface area contributed by atoms with Crippen molar-refractivity contribution in [3.05, 3.63) is 29.8 Å². The van der Waals surface area contributed by atoms with Gasteiger partial charge in [-0.3, -0.25) is 0 Å². The van der Waals surface area contributed by atoms with Crippen LogP contribution >= 0.6 is 11.8 Å². The van der Waals surface area contributed by atoms with Crippen LogP contribution in [0.4, 0.5) is 0 Å². The van der Waals surface area contributed by atoms with Crippen LogP contribution in [0.1, 0.15) is 45.1 Å². The van der Waals surface area contributed by atoms with E-state index in [4.69, 9.17) is 0 Å². The van der Waals surface area contributed by atoms with E-state index in [9.17, 15) is 0 Å².